The number of methoxy groups -OCH3 is 2. The Labute approximate surface area is 166 Å². The van der Waals surface area contributed by atoms with E-state index in [1.807, 2.05) is 0 Å². The third-order valence-electron chi connectivity index (χ3n) is 5.03. The molecule has 1 aliphatic carbocycles. The summed E-state index contributed by atoms with van der Waals surface area (Å²) in [5.74, 6) is -2.13. The smallest absolute Gasteiger partial charge is 0.293 e. The lowest BCUT2D eigenvalue weighted by Crippen LogP contribution is -2.31. The summed E-state index contributed by atoms with van der Waals surface area (Å²) in [4.78, 5) is 23.0. The first-order valence-corrected chi connectivity index (χ1v) is 9.10. The van der Waals surface area contributed by atoms with Gasteiger partial charge < -0.3 is 19.5 Å². The monoisotopic (exact) mass is 405 g/mol. The number of rotatable bonds is 7. The van der Waals surface area contributed by atoms with Crippen LogP contribution in [0.15, 0.2) is 30.3 Å². The van der Waals surface area contributed by atoms with E-state index >= 15 is 0 Å². The SMILES string of the molecule is COc1ccc(-c2cc(F)c(NC(=O)C3CCCC3OC=O)c(F)c2)c(OC)c1. The first-order chi connectivity index (χ1) is 14.0. The fraction of sp³-hybridized carbons (Fsp3) is 0.333. The van der Waals surface area contributed by atoms with Gasteiger partial charge in [-0.1, -0.05) is 0 Å². The second-order valence-electron chi connectivity index (χ2n) is 6.68. The van der Waals surface area contributed by atoms with E-state index < -0.39 is 35.3 Å². The van der Waals surface area contributed by atoms with Gasteiger partial charge in [-0.3, -0.25) is 9.59 Å². The van der Waals surface area contributed by atoms with Crippen molar-refractivity contribution in [3.8, 4) is 22.6 Å². The van der Waals surface area contributed by atoms with Crippen LogP contribution < -0.4 is 14.8 Å². The van der Waals surface area contributed by atoms with Crippen LogP contribution in [-0.2, 0) is 14.3 Å². The van der Waals surface area contributed by atoms with E-state index in [-0.39, 0.29) is 12.0 Å². The molecular weight excluding hydrogens is 384 g/mol. The molecule has 154 valence electrons. The Kier molecular flexibility index (Phi) is 6.31. The quantitative estimate of drug-likeness (QED) is 0.707. The molecule has 0 radical (unpaired) electrons. The molecule has 2 atom stereocenters. The predicted octanol–water partition coefficient (Wildman–Crippen LogP) is 3.93. The molecule has 29 heavy (non-hydrogen) atoms. The van der Waals surface area contributed by atoms with E-state index in [4.69, 9.17) is 14.2 Å². The molecule has 8 heteroatoms. The fourth-order valence-electron chi connectivity index (χ4n) is 3.56. The van der Waals surface area contributed by atoms with E-state index in [0.29, 0.717) is 36.3 Å². The lowest BCUT2D eigenvalue weighted by molar-refractivity contribution is -0.137. The van der Waals surface area contributed by atoms with Crippen LogP contribution >= 0.6 is 0 Å². The van der Waals surface area contributed by atoms with Gasteiger partial charge in [-0.15, -0.1) is 0 Å². The first-order valence-electron chi connectivity index (χ1n) is 9.10. The van der Waals surface area contributed by atoms with Crippen molar-refractivity contribution in [2.75, 3.05) is 19.5 Å². The summed E-state index contributed by atoms with van der Waals surface area (Å²) < 4.78 is 44.6. The van der Waals surface area contributed by atoms with Gasteiger partial charge in [0.05, 0.1) is 20.1 Å². The number of benzene rings is 2. The van der Waals surface area contributed by atoms with Crippen LogP contribution in [0, 0.1) is 17.6 Å². The Morgan fingerprint density at radius 2 is 1.83 bits per heavy atom. The summed E-state index contributed by atoms with van der Waals surface area (Å²) in [7, 11) is 2.94. The minimum atomic E-state index is -0.919. The topological polar surface area (TPSA) is 73.9 Å². The highest BCUT2D eigenvalue weighted by Gasteiger charge is 2.35. The zero-order valence-corrected chi connectivity index (χ0v) is 16.0. The van der Waals surface area contributed by atoms with Crippen molar-refractivity contribution in [1.29, 1.82) is 0 Å². The average molecular weight is 405 g/mol. The minimum absolute atomic E-state index is 0.250. The third kappa shape index (κ3) is 4.31. The zero-order valence-electron chi connectivity index (χ0n) is 16.0. The van der Waals surface area contributed by atoms with Crippen molar-refractivity contribution in [3.63, 3.8) is 0 Å². The molecule has 2 unspecified atom stereocenters. The molecule has 1 fully saturated rings. The summed E-state index contributed by atoms with van der Waals surface area (Å²) in [5.41, 5.74) is 0.183. The van der Waals surface area contributed by atoms with Crippen LogP contribution in [0.4, 0.5) is 14.5 Å². The third-order valence-corrected chi connectivity index (χ3v) is 5.03. The number of hydrogen-bond acceptors (Lipinski definition) is 5. The number of carbonyl (C=O) groups is 2. The highest BCUT2D eigenvalue weighted by molar-refractivity contribution is 5.94. The summed E-state index contributed by atoms with van der Waals surface area (Å²) in [5, 5.41) is 2.30. The largest absolute Gasteiger partial charge is 0.497 e. The second kappa shape index (κ2) is 8.89. The molecule has 0 heterocycles. The van der Waals surface area contributed by atoms with Crippen LogP contribution in [0.3, 0.4) is 0 Å². The van der Waals surface area contributed by atoms with E-state index in [0.717, 1.165) is 12.1 Å². The zero-order chi connectivity index (χ0) is 21.0. The van der Waals surface area contributed by atoms with Crippen molar-refractivity contribution >= 4 is 18.1 Å². The van der Waals surface area contributed by atoms with Crippen molar-refractivity contribution in [2.45, 2.75) is 25.4 Å². The molecule has 0 bridgehead atoms. The van der Waals surface area contributed by atoms with E-state index in [2.05, 4.69) is 5.32 Å². The number of hydrogen-bond donors (Lipinski definition) is 1. The van der Waals surface area contributed by atoms with Crippen LogP contribution in [-0.4, -0.2) is 32.7 Å². The molecule has 0 spiro atoms. The number of carbonyl (C=O) groups excluding carboxylic acids is 2. The Hall–Kier alpha value is -3.16. The maximum Gasteiger partial charge on any atom is 0.293 e. The summed E-state index contributed by atoms with van der Waals surface area (Å²) in [6.45, 7) is 0.286. The predicted molar refractivity (Wildman–Crippen MR) is 102 cm³/mol. The van der Waals surface area contributed by atoms with Crippen molar-refractivity contribution in [2.24, 2.45) is 5.92 Å². The van der Waals surface area contributed by atoms with Crippen LogP contribution in [0.2, 0.25) is 0 Å². The highest BCUT2D eigenvalue weighted by Crippen LogP contribution is 2.36. The number of nitrogens with one attached hydrogen (secondary N) is 1. The minimum Gasteiger partial charge on any atom is -0.497 e. The van der Waals surface area contributed by atoms with Crippen LogP contribution in [0.1, 0.15) is 19.3 Å². The molecule has 1 N–H and O–H groups in total. The Bertz CT molecular complexity index is 895. The maximum atomic E-state index is 14.7. The van der Waals surface area contributed by atoms with E-state index in [9.17, 15) is 18.4 Å². The lowest BCUT2D eigenvalue weighted by Gasteiger charge is -2.18. The first kappa shape index (κ1) is 20.6. The normalized spacial score (nSPS) is 18.2. The van der Waals surface area contributed by atoms with E-state index in [1.54, 1.807) is 18.2 Å². The molecule has 1 saturated carbocycles. The molecule has 1 amide bonds. The Morgan fingerprint density at radius 1 is 1.10 bits per heavy atom. The van der Waals surface area contributed by atoms with Gasteiger partial charge in [-0.25, -0.2) is 8.78 Å². The molecule has 1 aliphatic rings. The Morgan fingerprint density at radius 3 is 2.45 bits per heavy atom. The van der Waals surface area contributed by atoms with Gasteiger partial charge in [-0.2, -0.15) is 0 Å². The van der Waals surface area contributed by atoms with E-state index in [1.165, 1.54) is 14.2 Å². The average Bonchev–Trinajstić information content (AvgIpc) is 3.18. The highest BCUT2D eigenvalue weighted by atomic mass is 19.1. The van der Waals surface area contributed by atoms with Crippen molar-refractivity contribution < 1.29 is 32.6 Å². The van der Waals surface area contributed by atoms with Crippen LogP contribution in [0.25, 0.3) is 11.1 Å². The molecule has 0 saturated heterocycles. The molecule has 6 nitrogen and oxygen atoms in total. The van der Waals surface area contributed by atoms with Gasteiger partial charge in [0.1, 0.15) is 34.9 Å². The second-order valence-corrected chi connectivity index (χ2v) is 6.68. The summed E-state index contributed by atoms with van der Waals surface area (Å²) in [6, 6.07) is 7.13. The number of ether oxygens (including phenoxy) is 3. The van der Waals surface area contributed by atoms with Gasteiger partial charge in [0.25, 0.3) is 6.47 Å². The van der Waals surface area contributed by atoms with Crippen molar-refractivity contribution in [3.05, 3.63) is 42.0 Å². The number of halogens is 2. The Balaban J connectivity index is 1.87. The lowest BCUT2D eigenvalue weighted by atomic mass is 10.0. The molecular formula is C21H21F2NO5. The van der Waals surface area contributed by atoms with Gasteiger partial charge in [0, 0.05) is 11.6 Å². The number of amides is 1. The van der Waals surface area contributed by atoms with Crippen LogP contribution in [0.5, 0.6) is 11.5 Å². The van der Waals surface area contributed by atoms with Gasteiger partial charge >= 0.3 is 0 Å². The van der Waals surface area contributed by atoms with Gasteiger partial charge in [0.2, 0.25) is 5.91 Å². The summed E-state index contributed by atoms with van der Waals surface area (Å²) >= 11 is 0. The maximum absolute atomic E-state index is 14.7. The standard InChI is InChI=1S/C21H21F2NO5/c1-27-13-6-7-14(19(10-13)28-2)12-8-16(22)20(17(23)9-12)24-21(26)15-4-3-5-18(15)29-11-25/h6-11,15,18H,3-5H2,1-2H3,(H,24,26). The fourth-order valence-corrected chi connectivity index (χ4v) is 3.56. The summed E-state index contributed by atoms with van der Waals surface area (Å²) in [6.07, 6.45) is 1.13. The molecule has 2 aromatic rings. The van der Waals surface area contributed by atoms with Gasteiger partial charge in [-0.05, 0) is 49.1 Å². The van der Waals surface area contributed by atoms with Crippen molar-refractivity contribution in [1.82, 2.24) is 0 Å². The molecule has 3 rings (SSSR count). The number of anilines is 1. The molecule has 2 aromatic carbocycles. The van der Waals surface area contributed by atoms with Gasteiger partial charge in [0.15, 0.2) is 0 Å². The molecule has 0 aromatic heterocycles. The molecule has 0 aliphatic heterocycles.